The minimum Gasteiger partial charge on any atom is -0.382 e. The molecule has 1 saturated heterocycles. The van der Waals surface area contributed by atoms with Crippen molar-refractivity contribution in [3.05, 3.63) is 16.1 Å². The summed E-state index contributed by atoms with van der Waals surface area (Å²) in [5.41, 5.74) is 0. The number of aliphatic imine (C=N–C) groups is 1. The normalized spacial score (nSPS) is 18.1. The maximum Gasteiger partial charge on any atom is 0.194 e. The van der Waals surface area contributed by atoms with Crippen LogP contribution in [0, 0.1) is 12.8 Å². The Morgan fingerprint density at radius 1 is 1.52 bits per heavy atom. The Bertz CT molecular complexity index is 484. The summed E-state index contributed by atoms with van der Waals surface area (Å²) in [6, 6.07) is 0. The topological polar surface area (TPSA) is 59.0 Å². The molecule has 0 spiro atoms. The molecule has 0 aromatic carbocycles. The van der Waals surface area contributed by atoms with Gasteiger partial charge in [-0.25, -0.2) is 4.98 Å². The Hall–Kier alpha value is -0.450. The molecule has 1 unspecified atom stereocenters. The Balaban J connectivity index is 0.00000264. The zero-order chi connectivity index (χ0) is 15.8. The molecular weight excluding hydrogens is 427 g/mol. The molecule has 2 heterocycles. The van der Waals surface area contributed by atoms with Crippen molar-refractivity contribution in [2.75, 3.05) is 47.1 Å². The van der Waals surface area contributed by atoms with Crippen LogP contribution >= 0.6 is 35.3 Å². The van der Waals surface area contributed by atoms with Gasteiger partial charge < -0.3 is 19.7 Å². The van der Waals surface area contributed by atoms with Crippen LogP contribution in [0.2, 0.25) is 0 Å². The smallest absolute Gasteiger partial charge is 0.194 e. The summed E-state index contributed by atoms with van der Waals surface area (Å²) in [7, 11) is 3.53. The van der Waals surface area contributed by atoms with Crippen molar-refractivity contribution in [1.29, 1.82) is 0 Å². The van der Waals surface area contributed by atoms with Crippen molar-refractivity contribution >= 4 is 41.3 Å². The number of guanidine groups is 1. The number of ether oxygens (including phenoxy) is 2. The molecule has 6 nitrogen and oxygen atoms in total. The van der Waals surface area contributed by atoms with Crippen LogP contribution < -0.4 is 5.32 Å². The van der Waals surface area contributed by atoms with E-state index in [-0.39, 0.29) is 24.0 Å². The lowest BCUT2D eigenvalue weighted by molar-refractivity contribution is 0.0536. The number of hydrogen-bond acceptors (Lipinski definition) is 5. The molecule has 0 saturated carbocycles. The predicted octanol–water partition coefficient (Wildman–Crippen LogP) is 2.13. The van der Waals surface area contributed by atoms with Crippen LogP contribution in [-0.2, 0) is 16.0 Å². The van der Waals surface area contributed by atoms with Crippen molar-refractivity contribution in [1.82, 2.24) is 15.2 Å². The number of rotatable bonds is 7. The van der Waals surface area contributed by atoms with Gasteiger partial charge in [0, 0.05) is 44.2 Å². The molecule has 1 N–H and O–H groups in total. The third-order valence-electron chi connectivity index (χ3n) is 3.65. The zero-order valence-electron chi connectivity index (χ0n) is 14.1. The van der Waals surface area contributed by atoms with Gasteiger partial charge in [-0.05, 0) is 13.3 Å². The van der Waals surface area contributed by atoms with Gasteiger partial charge in [0.2, 0.25) is 0 Å². The van der Waals surface area contributed by atoms with Crippen LogP contribution in [0.15, 0.2) is 11.2 Å². The molecule has 1 aromatic rings. The summed E-state index contributed by atoms with van der Waals surface area (Å²) in [5, 5.41) is 4.50. The zero-order valence-corrected chi connectivity index (χ0v) is 17.2. The van der Waals surface area contributed by atoms with E-state index in [1.54, 1.807) is 18.4 Å². The molecule has 1 aliphatic heterocycles. The number of methoxy groups -OCH3 is 1. The highest BCUT2D eigenvalue weighted by molar-refractivity contribution is 14.0. The van der Waals surface area contributed by atoms with Gasteiger partial charge in [0.25, 0.3) is 0 Å². The van der Waals surface area contributed by atoms with E-state index in [2.05, 4.69) is 27.1 Å². The monoisotopic (exact) mass is 454 g/mol. The maximum absolute atomic E-state index is 5.63. The summed E-state index contributed by atoms with van der Waals surface area (Å²) in [4.78, 5) is 12.3. The van der Waals surface area contributed by atoms with E-state index >= 15 is 0 Å². The molecule has 0 aliphatic carbocycles. The van der Waals surface area contributed by atoms with Crippen molar-refractivity contribution < 1.29 is 9.47 Å². The van der Waals surface area contributed by atoms with E-state index in [4.69, 9.17) is 9.47 Å². The number of halogens is 1. The van der Waals surface area contributed by atoms with Crippen LogP contribution in [0.25, 0.3) is 0 Å². The standard InChI is InChI=1S/C15H26N4O2S.HI/c1-12-8-17-14(22-12)9-18-15(16-2)19-5-4-13(10-19)11-21-7-6-20-3;/h8,13H,4-7,9-11H2,1-3H3,(H,16,18);1H. The van der Waals surface area contributed by atoms with Crippen molar-refractivity contribution in [2.45, 2.75) is 19.9 Å². The lowest BCUT2D eigenvalue weighted by Gasteiger charge is -2.21. The van der Waals surface area contributed by atoms with Crippen LogP contribution in [0.1, 0.15) is 16.3 Å². The summed E-state index contributed by atoms with van der Waals surface area (Å²) in [6.07, 6.45) is 3.05. The van der Waals surface area contributed by atoms with Crippen LogP contribution in [-0.4, -0.2) is 62.9 Å². The number of nitrogens with zero attached hydrogens (tertiary/aromatic N) is 3. The van der Waals surface area contributed by atoms with Crippen LogP contribution in [0.5, 0.6) is 0 Å². The molecule has 1 atom stereocenters. The van der Waals surface area contributed by atoms with Crippen LogP contribution in [0.3, 0.4) is 0 Å². The van der Waals surface area contributed by atoms with Gasteiger partial charge in [0.1, 0.15) is 5.01 Å². The van der Waals surface area contributed by atoms with Gasteiger partial charge >= 0.3 is 0 Å². The predicted molar refractivity (Wildman–Crippen MR) is 105 cm³/mol. The third kappa shape index (κ3) is 6.90. The number of aryl methyl sites for hydroxylation is 1. The minimum atomic E-state index is 0. The van der Waals surface area contributed by atoms with E-state index in [0.717, 1.165) is 43.6 Å². The fraction of sp³-hybridized carbons (Fsp3) is 0.733. The highest BCUT2D eigenvalue weighted by Gasteiger charge is 2.24. The molecule has 0 amide bonds. The molecule has 0 bridgehead atoms. The van der Waals surface area contributed by atoms with E-state index < -0.39 is 0 Å². The first-order valence-corrected chi connectivity index (χ1v) is 8.48. The van der Waals surface area contributed by atoms with E-state index in [1.807, 2.05) is 13.2 Å². The second-order valence-corrected chi connectivity index (χ2v) is 6.75. The maximum atomic E-state index is 5.63. The molecule has 1 aliphatic rings. The number of thiazole rings is 1. The second-order valence-electron chi connectivity index (χ2n) is 5.43. The van der Waals surface area contributed by atoms with E-state index in [0.29, 0.717) is 19.1 Å². The molecule has 2 rings (SSSR count). The summed E-state index contributed by atoms with van der Waals surface area (Å²) >= 11 is 1.72. The quantitative estimate of drug-likeness (QED) is 0.296. The first-order chi connectivity index (χ1) is 10.7. The minimum absolute atomic E-state index is 0. The average Bonchev–Trinajstić information content (AvgIpc) is 3.14. The van der Waals surface area contributed by atoms with E-state index in [9.17, 15) is 0 Å². The Morgan fingerprint density at radius 3 is 3.00 bits per heavy atom. The average molecular weight is 454 g/mol. The Labute approximate surface area is 159 Å². The van der Waals surface area contributed by atoms with Gasteiger partial charge in [-0.15, -0.1) is 35.3 Å². The Kier molecular flexibility index (Phi) is 10.00. The summed E-state index contributed by atoms with van der Waals surface area (Å²) in [5.74, 6) is 1.52. The van der Waals surface area contributed by atoms with Gasteiger partial charge in [-0.1, -0.05) is 0 Å². The van der Waals surface area contributed by atoms with Gasteiger partial charge in [-0.3, -0.25) is 4.99 Å². The first kappa shape index (κ1) is 20.6. The highest BCUT2D eigenvalue weighted by Crippen LogP contribution is 2.17. The summed E-state index contributed by atoms with van der Waals surface area (Å²) in [6.45, 7) is 6.94. The van der Waals surface area contributed by atoms with Crippen molar-refractivity contribution in [3.8, 4) is 0 Å². The number of aromatic nitrogens is 1. The fourth-order valence-electron chi connectivity index (χ4n) is 2.52. The van der Waals surface area contributed by atoms with E-state index in [1.165, 1.54) is 4.88 Å². The molecular formula is C15H27IN4O2S. The van der Waals surface area contributed by atoms with Gasteiger partial charge in [-0.2, -0.15) is 0 Å². The van der Waals surface area contributed by atoms with Gasteiger partial charge in [0.05, 0.1) is 26.4 Å². The third-order valence-corrected chi connectivity index (χ3v) is 4.56. The molecule has 23 heavy (non-hydrogen) atoms. The number of likely N-dealkylation sites (tertiary alicyclic amines) is 1. The molecule has 1 aromatic heterocycles. The Morgan fingerprint density at radius 2 is 2.35 bits per heavy atom. The SMILES string of the molecule is CN=C(NCc1ncc(C)s1)N1CCC(COCCOC)C1.I. The highest BCUT2D eigenvalue weighted by atomic mass is 127. The summed E-state index contributed by atoms with van der Waals surface area (Å²) < 4.78 is 10.6. The lowest BCUT2D eigenvalue weighted by Crippen LogP contribution is -2.39. The van der Waals surface area contributed by atoms with Crippen LogP contribution in [0.4, 0.5) is 0 Å². The fourth-order valence-corrected chi connectivity index (χ4v) is 3.25. The molecule has 132 valence electrons. The molecule has 1 fully saturated rings. The van der Waals surface area contributed by atoms with Gasteiger partial charge in [0.15, 0.2) is 5.96 Å². The van der Waals surface area contributed by atoms with Crippen molar-refractivity contribution in [3.63, 3.8) is 0 Å². The second kappa shape index (κ2) is 11.2. The number of hydrogen-bond donors (Lipinski definition) is 1. The van der Waals surface area contributed by atoms with Crippen molar-refractivity contribution in [2.24, 2.45) is 10.9 Å². The lowest BCUT2D eigenvalue weighted by atomic mass is 10.1. The molecule has 8 heteroatoms. The number of nitrogens with one attached hydrogen (secondary N) is 1. The largest absolute Gasteiger partial charge is 0.382 e. The first-order valence-electron chi connectivity index (χ1n) is 7.66. The molecule has 0 radical (unpaired) electrons.